The Morgan fingerprint density at radius 3 is 2.50 bits per heavy atom. The van der Waals surface area contributed by atoms with E-state index in [1.807, 2.05) is 0 Å². The zero-order chi connectivity index (χ0) is 9.41. The monoisotopic (exact) mass is 195 g/mol. The van der Waals surface area contributed by atoms with Crippen molar-refractivity contribution in [2.24, 2.45) is 5.73 Å². The van der Waals surface area contributed by atoms with Gasteiger partial charge in [0.2, 0.25) is 0 Å². The number of halogens is 1. The third-order valence-corrected chi connectivity index (χ3v) is 4.15. The molecule has 1 rings (SSSR count). The maximum Gasteiger partial charge on any atom is 0.153 e. The smallest absolute Gasteiger partial charge is 0.153 e. The molecule has 0 aromatic carbocycles. The Morgan fingerprint density at radius 1 is 1.58 bits per heavy atom. The van der Waals surface area contributed by atoms with Crippen LogP contribution in [0.5, 0.6) is 0 Å². The second-order valence-electron chi connectivity index (χ2n) is 3.52. The van der Waals surface area contributed by atoms with Gasteiger partial charge in [0, 0.05) is 6.04 Å². The largest absolute Gasteiger partial charge is 0.325 e. The Bertz CT molecular complexity index is 263. The van der Waals surface area contributed by atoms with Crippen molar-refractivity contribution in [1.29, 1.82) is 0 Å². The average Bonchev–Trinajstić information content (AvgIpc) is 1.83. The van der Waals surface area contributed by atoms with E-state index in [0.717, 1.165) is 0 Å². The molecule has 5 heteroatoms. The van der Waals surface area contributed by atoms with Crippen LogP contribution in [-0.2, 0) is 9.84 Å². The Labute approximate surface area is 72.1 Å². The van der Waals surface area contributed by atoms with Gasteiger partial charge < -0.3 is 5.73 Å². The number of rotatable bonds is 1. The number of hydrogen-bond acceptors (Lipinski definition) is 3. The number of sulfone groups is 1. The van der Waals surface area contributed by atoms with Gasteiger partial charge in [-0.15, -0.1) is 0 Å². The van der Waals surface area contributed by atoms with Gasteiger partial charge in [0.1, 0.15) is 5.67 Å². The average molecular weight is 195 g/mol. The second kappa shape index (κ2) is 2.96. The molecule has 0 aromatic rings. The molecule has 0 bridgehead atoms. The van der Waals surface area contributed by atoms with Crippen LogP contribution in [0.1, 0.15) is 19.8 Å². The van der Waals surface area contributed by atoms with Crippen molar-refractivity contribution in [3.8, 4) is 0 Å². The summed E-state index contributed by atoms with van der Waals surface area (Å²) in [6.07, 6.45) is 0.657. The van der Waals surface area contributed by atoms with Gasteiger partial charge in [-0.2, -0.15) is 0 Å². The van der Waals surface area contributed by atoms with E-state index in [4.69, 9.17) is 5.73 Å². The van der Waals surface area contributed by atoms with Crippen LogP contribution < -0.4 is 5.73 Å². The Hall–Kier alpha value is -0.160. The van der Waals surface area contributed by atoms with Crippen molar-refractivity contribution in [3.05, 3.63) is 0 Å². The summed E-state index contributed by atoms with van der Waals surface area (Å²) in [5.74, 6) is -0.303. The fourth-order valence-corrected chi connectivity index (χ4v) is 3.32. The minimum Gasteiger partial charge on any atom is -0.325 e. The predicted molar refractivity (Wildman–Crippen MR) is 45.4 cm³/mol. The van der Waals surface area contributed by atoms with E-state index in [2.05, 4.69) is 0 Å². The van der Waals surface area contributed by atoms with Crippen molar-refractivity contribution in [1.82, 2.24) is 0 Å². The highest BCUT2D eigenvalue weighted by atomic mass is 32.2. The summed E-state index contributed by atoms with van der Waals surface area (Å²) in [7, 11) is -3.19. The lowest BCUT2D eigenvalue weighted by Gasteiger charge is -2.32. The minimum atomic E-state index is -3.19. The SMILES string of the molecule is CC(N)C1(F)CCCS(=O)(=O)C1. The summed E-state index contributed by atoms with van der Waals surface area (Å²) >= 11 is 0. The van der Waals surface area contributed by atoms with Crippen LogP contribution >= 0.6 is 0 Å². The molecule has 2 atom stereocenters. The standard InChI is InChI=1S/C7H14FNO2S/c1-6(9)7(8)3-2-4-12(10,11)5-7/h6H,2-5,9H2,1H3. The van der Waals surface area contributed by atoms with Crippen molar-refractivity contribution in [2.75, 3.05) is 11.5 Å². The summed E-state index contributed by atoms with van der Waals surface area (Å²) in [4.78, 5) is 0. The van der Waals surface area contributed by atoms with Crippen LogP contribution in [0.15, 0.2) is 0 Å². The lowest BCUT2D eigenvalue weighted by atomic mass is 9.95. The maximum atomic E-state index is 13.7. The van der Waals surface area contributed by atoms with E-state index in [9.17, 15) is 12.8 Å². The quantitative estimate of drug-likeness (QED) is 0.652. The van der Waals surface area contributed by atoms with Gasteiger partial charge in [-0.1, -0.05) is 0 Å². The molecule has 0 aromatic heterocycles. The molecule has 2 unspecified atom stereocenters. The van der Waals surface area contributed by atoms with Crippen LogP contribution in [0.3, 0.4) is 0 Å². The minimum absolute atomic E-state index is 0.103. The highest BCUT2D eigenvalue weighted by Crippen LogP contribution is 2.28. The van der Waals surface area contributed by atoms with E-state index < -0.39 is 27.3 Å². The third kappa shape index (κ3) is 1.95. The summed E-state index contributed by atoms with van der Waals surface area (Å²) in [5.41, 5.74) is 3.69. The Kier molecular flexibility index (Phi) is 2.45. The molecule has 0 saturated carbocycles. The third-order valence-electron chi connectivity index (χ3n) is 2.32. The second-order valence-corrected chi connectivity index (χ2v) is 5.70. The molecule has 1 saturated heterocycles. The lowest BCUT2D eigenvalue weighted by Crippen LogP contribution is -2.50. The Morgan fingerprint density at radius 2 is 2.17 bits per heavy atom. The highest BCUT2D eigenvalue weighted by molar-refractivity contribution is 7.91. The summed E-state index contributed by atoms with van der Waals surface area (Å²) in [5, 5.41) is 0. The van der Waals surface area contributed by atoms with E-state index >= 15 is 0 Å². The van der Waals surface area contributed by atoms with Crippen LogP contribution in [-0.4, -0.2) is 31.6 Å². The first-order valence-electron chi connectivity index (χ1n) is 4.01. The van der Waals surface area contributed by atoms with E-state index in [-0.39, 0.29) is 12.2 Å². The molecule has 12 heavy (non-hydrogen) atoms. The number of alkyl halides is 1. The van der Waals surface area contributed by atoms with Crippen molar-refractivity contribution < 1.29 is 12.8 Å². The zero-order valence-electron chi connectivity index (χ0n) is 7.09. The first-order valence-corrected chi connectivity index (χ1v) is 5.83. The molecule has 0 radical (unpaired) electrons. The van der Waals surface area contributed by atoms with E-state index in [1.54, 1.807) is 0 Å². The van der Waals surface area contributed by atoms with Crippen molar-refractivity contribution in [2.45, 2.75) is 31.5 Å². The first kappa shape index (κ1) is 9.92. The van der Waals surface area contributed by atoms with Crippen LogP contribution in [0.25, 0.3) is 0 Å². The predicted octanol–water partition coefficient (Wildman–Crippen LogP) is 0.251. The fraction of sp³-hybridized carbons (Fsp3) is 1.00. The molecule has 1 heterocycles. The topological polar surface area (TPSA) is 60.2 Å². The molecule has 72 valence electrons. The van der Waals surface area contributed by atoms with Crippen LogP contribution in [0.2, 0.25) is 0 Å². The molecule has 2 N–H and O–H groups in total. The molecular weight excluding hydrogens is 181 g/mol. The molecule has 1 fully saturated rings. The Balaban J connectivity index is 2.82. The van der Waals surface area contributed by atoms with Crippen molar-refractivity contribution >= 4 is 9.84 Å². The van der Waals surface area contributed by atoms with Gasteiger partial charge in [-0.05, 0) is 19.8 Å². The number of nitrogens with two attached hydrogens (primary N) is 1. The van der Waals surface area contributed by atoms with E-state index in [1.165, 1.54) is 6.92 Å². The van der Waals surface area contributed by atoms with Gasteiger partial charge in [-0.25, -0.2) is 12.8 Å². The number of hydrogen-bond donors (Lipinski definition) is 1. The molecule has 1 aliphatic rings. The zero-order valence-corrected chi connectivity index (χ0v) is 7.90. The van der Waals surface area contributed by atoms with Gasteiger partial charge in [0.25, 0.3) is 0 Å². The maximum absolute atomic E-state index is 13.7. The van der Waals surface area contributed by atoms with Crippen LogP contribution in [0, 0.1) is 0 Å². The highest BCUT2D eigenvalue weighted by Gasteiger charge is 2.42. The molecule has 1 aliphatic heterocycles. The molecular formula is C7H14FNO2S. The molecule has 0 amide bonds. The lowest BCUT2D eigenvalue weighted by molar-refractivity contribution is 0.141. The fourth-order valence-electron chi connectivity index (χ4n) is 1.46. The normalized spacial score (nSPS) is 37.6. The van der Waals surface area contributed by atoms with Gasteiger partial charge >= 0.3 is 0 Å². The van der Waals surface area contributed by atoms with Gasteiger partial charge in [0.05, 0.1) is 11.5 Å². The first-order chi connectivity index (χ1) is 5.36. The molecule has 0 aliphatic carbocycles. The van der Waals surface area contributed by atoms with E-state index in [0.29, 0.717) is 6.42 Å². The summed E-state index contributed by atoms with van der Waals surface area (Å²) < 4.78 is 35.8. The van der Waals surface area contributed by atoms with Gasteiger partial charge in [-0.3, -0.25) is 0 Å². The summed E-state index contributed by atoms with van der Waals surface area (Å²) in [6.45, 7) is 1.51. The molecule has 3 nitrogen and oxygen atoms in total. The van der Waals surface area contributed by atoms with Crippen LogP contribution in [0.4, 0.5) is 4.39 Å². The van der Waals surface area contributed by atoms with Gasteiger partial charge in [0.15, 0.2) is 9.84 Å². The summed E-state index contributed by atoms with van der Waals surface area (Å²) in [6, 6.07) is -0.701. The molecule has 0 spiro atoms. The van der Waals surface area contributed by atoms with Crippen molar-refractivity contribution in [3.63, 3.8) is 0 Å².